The van der Waals surface area contributed by atoms with Gasteiger partial charge >= 0.3 is 4.87 Å². The fourth-order valence-corrected chi connectivity index (χ4v) is 2.39. The third kappa shape index (κ3) is 3.28. The van der Waals surface area contributed by atoms with Crippen LogP contribution in [0.1, 0.15) is 4.88 Å². The topological polar surface area (TPSA) is 126 Å². The molecule has 100 valence electrons. The molecular formula is C10H9N3O4S2. The molecule has 2 aromatic rings. The molecule has 0 aliphatic heterocycles. The number of thiazole rings is 1. The van der Waals surface area contributed by atoms with E-state index in [4.69, 9.17) is 5.14 Å². The van der Waals surface area contributed by atoms with Crippen LogP contribution in [0.2, 0.25) is 0 Å². The Bertz CT molecular complexity index is 772. The number of rotatable bonds is 3. The van der Waals surface area contributed by atoms with E-state index >= 15 is 0 Å². The van der Waals surface area contributed by atoms with Crippen LogP contribution < -0.4 is 10.0 Å². The third-order valence-corrected chi connectivity index (χ3v) is 3.89. The van der Waals surface area contributed by atoms with Crippen molar-refractivity contribution in [2.75, 3.05) is 0 Å². The Hall–Kier alpha value is -1.97. The van der Waals surface area contributed by atoms with Crippen LogP contribution in [-0.4, -0.2) is 24.7 Å². The highest BCUT2D eigenvalue weighted by molar-refractivity contribution is 7.89. The number of aromatic nitrogens is 1. The zero-order valence-corrected chi connectivity index (χ0v) is 11.0. The lowest BCUT2D eigenvalue weighted by Crippen LogP contribution is -2.11. The maximum Gasteiger partial charge on any atom is 0.307 e. The lowest BCUT2D eigenvalue weighted by atomic mass is 10.3. The zero-order chi connectivity index (χ0) is 14.0. The fraction of sp³-hybridized carbons (Fsp3) is 0. The molecule has 1 heterocycles. The van der Waals surface area contributed by atoms with E-state index in [0.29, 0.717) is 10.6 Å². The number of sulfonamides is 1. The number of nitrogens with zero attached hydrogens (tertiary/aromatic N) is 1. The number of H-pyrrole nitrogens is 1. The van der Waals surface area contributed by atoms with Gasteiger partial charge in [0.2, 0.25) is 15.9 Å². The average molecular weight is 299 g/mol. The lowest BCUT2D eigenvalue weighted by Gasteiger charge is -1.97. The van der Waals surface area contributed by atoms with Gasteiger partial charge in [0, 0.05) is 0 Å². The molecule has 9 heteroatoms. The number of primary sulfonamides is 1. The van der Waals surface area contributed by atoms with E-state index < -0.39 is 10.0 Å². The van der Waals surface area contributed by atoms with Gasteiger partial charge in [-0.1, -0.05) is 11.3 Å². The molecule has 0 atom stereocenters. The van der Waals surface area contributed by atoms with Gasteiger partial charge in [-0.3, -0.25) is 14.8 Å². The van der Waals surface area contributed by atoms with Crippen LogP contribution in [0, 0.1) is 0 Å². The summed E-state index contributed by atoms with van der Waals surface area (Å²) in [5.41, 5.74) is 0.465. The van der Waals surface area contributed by atoms with Crippen molar-refractivity contribution in [3.63, 3.8) is 0 Å². The van der Waals surface area contributed by atoms with Crippen molar-refractivity contribution in [2.24, 2.45) is 10.1 Å². The molecular weight excluding hydrogens is 290 g/mol. The molecule has 2 rings (SSSR count). The van der Waals surface area contributed by atoms with Gasteiger partial charge < -0.3 is 5.11 Å². The average Bonchev–Trinajstić information content (AvgIpc) is 2.65. The second-order valence-electron chi connectivity index (χ2n) is 3.52. The number of hydrogen-bond donors (Lipinski definition) is 3. The SMILES string of the molecule is NS(=O)(=O)c1ccc(N=Cc2sc(=O)[nH]c2O)cc1. The summed E-state index contributed by atoms with van der Waals surface area (Å²) in [6.45, 7) is 0. The van der Waals surface area contributed by atoms with Crippen LogP contribution in [0.4, 0.5) is 5.69 Å². The van der Waals surface area contributed by atoms with Crippen molar-refractivity contribution < 1.29 is 13.5 Å². The van der Waals surface area contributed by atoms with E-state index in [-0.39, 0.29) is 15.6 Å². The van der Waals surface area contributed by atoms with Crippen molar-refractivity contribution in [3.05, 3.63) is 38.8 Å². The van der Waals surface area contributed by atoms with Crippen LogP contribution in [0.25, 0.3) is 0 Å². The monoisotopic (exact) mass is 299 g/mol. The van der Waals surface area contributed by atoms with Crippen molar-refractivity contribution in [2.45, 2.75) is 4.90 Å². The van der Waals surface area contributed by atoms with E-state index in [9.17, 15) is 18.3 Å². The number of nitrogens with two attached hydrogens (primary N) is 1. The third-order valence-electron chi connectivity index (χ3n) is 2.15. The first-order valence-electron chi connectivity index (χ1n) is 4.95. The maximum atomic E-state index is 11.0. The first-order chi connectivity index (χ1) is 8.86. The molecule has 0 amide bonds. The number of aromatic hydroxyl groups is 1. The number of hydrogen-bond acceptors (Lipinski definition) is 6. The Morgan fingerprint density at radius 1 is 1.32 bits per heavy atom. The Kier molecular flexibility index (Phi) is 3.51. The Morgan fingerprint density at radius 3 is 2.42 bits per heavy atom. The van der Waals surface area contributed by atoms with Gasteiger partial charge in [-0.15, -0.1) is 0 Å². The van der Waals surface area contributed by atoms with Gasteiger partial charge in [-0.2, -0.15) is 0 Å². The molecule has 0 saturated carbocycles. The second-order valence-corrected chi connectivity index (χ2v) is 6.10. The summed E-state index contributed by atoms with van der Waals surface area (Å²) < 4.78 is 22.1. The van der Waals surface area contributed by atoms with E-state index in [1.807, 2.05) is 0 Å². The van der Waals surface area contributed by atoms with Crippen LogP contribution in [0.3, 0.4) is 0 Å². The van der Waals surface area contributed by atoms with Gasteiger partial charge in [-0.05, 0) is 24.3 Å². The van der Waals surface area contributed by atoms with Crippen LogP contribution in [0.5, 0.6) is 5.88 Å². The van der Waals surface area contributed by atoms with Crippen LogP contribution in [0.15, 0.2) is 38.9 Å². The molecule has 0 aliphatic rings. The molecule has 0 radical (unpaired) electrons. The summed E-state index contributed by atoms with van der Waals surface area (Å²) in [5.74, 6) is -0.250. The molecule has 0 fully saturated rings. The summed E-state index contributed by atoms with van der Waals surface area (Å²) in [6.07, 6.45) is 1.31. The summed E-state index contributed by atoms with van der Waals surface area (Å²) >= 11 is 0.815. The Labute approximate surface area is 112 Å². The first kappa shape index (κ1) is 13.5. The summed E-state index contributed by atoms with van der Waals surface area (Å²) in [4.78, 5) is 17.0. The van der Waals surface area contributed by atoms with Gasteiger partial charge in [0.1, 0.15) is 4.88 Å². The van der Waals surface area contributed by atoms with E-state index in [2.05, 4.69) is 9.98 Å². The molecule has 19 heavy (non-hydrogen) atoms. The van der Waals surface area contributed by atoms with E-state index in [0.717, 1.165) is 11.3 Å². The Morgan fingerprint density at radius 2 is 1.95 bits per heavy atom. The molecule has 7 nitrogen and oxygen atoms in total. The van der Waals surface area contributed by atoms with E-state index in [1.165, 1.54) is 30.5 Å². The molecule has 1 aromatic carbocycles. The lowest BCUT2D eigenvalue weighted by molar-refractivity contribution is 0.455. The molecule has 4 N–H and O–H groups in total. The van der Waals surface area contributed by atoms with Crippen LogP contribution in [-0.2, 0) is 10.0 Å². The van der Waals surface area contributed by atoms with Crippen molar-refractivity contribution in [1.82, 2.24) is 4.98 Å². The normalized spacial score (nSPS) is 12.1. The highest BCUT2D eigenvalue weighted by Crippen LogP contribution is 2.18. The minimum absolute atomic E-state index is 0.0133. The molecule has 0 spiro atoms. The zero-order valence-electron chi connectivity index (χ0n) is 9.40. The fourth-order valence-electron chi connectivity index (χ4n) is 1.27. The predicted octanol–water partition coefficient (Wildman–Crippen LogP) is 0.540. The number of nitrogens with one attached hydrogen (secondary N) is 1. The second kappa shape index (κ2) is 4.96. The van der Waals surface area contributed by atoms with E-state index in [1.54, 1.807) is 0 Å². The smallest absolute Gasteiger partial charge is 0.307 e. The standard InChI is InChI=1S/C10H9N3O4S2/c11-19(16,17)7-3-1-6(2-4-7)12-5-8-9(14)13-10(15)18-8/h1-5,14H,(H,13,15)(H2,11,16,17). The number of benzene rings is 1. The van der Waals surface area contributed by atoms with Crippen molar-refractivity contribution in [1.29, 1.82) is 0 Å². The molecule has 0 aliphatic carbocycles. The predicted molar refractivity (Wildman–Crippen MR) is 71.7 cm³/mol. The minimum Gasteiger partial charge on any atom is -0.493 e. The molecule has 0 unspecified atom stereocenters. The minimum atomic E-state index is -3.73. The van der Waals surface area contributed by atoms with Crippen molar-refractivity contribution in [3.8, 4) is 5.88 Å². The molecule has 1 aromatic heterocycles. The Balaban J connectivity index is 2.25. The largest absolute Gasteiger partial charge is 0.493 e. The van der Waals surface area contributed by atoms with Gasteiger partial charge in [-0.25, -0.2) is 13.6 Å². The highest BCUT2D eigenvalue weighted by atomic mass is 32.2. The summed E-state index contributed by atoms with van der Waals surface area (Å²) in [6, 6.07) is 5.56. The number of aliphatic imine (C=N–C) groups is 1. The summed E-state index contributed by atoms with van der Waals surface area (Å²) in [5, 5.41) is 14.3. The molecule has 0 bridgehead atoms. The van der Waals surface area contributed by atoms with Gasteiger partial charge in [0.15, 0.2) is 0 Å². The van der Waals surface area contributed by atoms with Crippen molar-refractivity contribution >= 4 is 33.3 Å². The molecule has 0 saturated heterocycles. The van der Waals surface area contributed by atoms with Gasteiger partial charge in [0.05, 0.1) is 16.8 Å². The first-order valence-corrected chi connectivity index (χ1v) is 7.31. The quantitative estimate of drug-likeness (QED) is 0.715. The maximum absolute atomic E-state index is 11.0. The number of aromatic amines is 1. The summed E-state index contributed by atoms with van der Waals surface area (Å²) in [7, 11) is -3.73. The highest BCUT2D eigenvalue weighted by Gasteiger charge is 2.06. The van der Waals surface area contributed by atoms with Crippen LogP contribution >= 0.6 is 11.3 Å². The van der Waals surface area contributed by atoms with Gasteiger partial charge in [0.25, 0.3) is 0 Å².